The minimum atomic E-state index is 0.176. The van der Waals surface area contributed by atoms with Gasteiger partial charge in [0, 0.05) is 31.4 Å². The molecule has 2 fully saturated rings. The summed E-state index contributed by atoms with van der Waals surface area (Å²) in [6.45, 7) is 10.1. The molecule has 1 aromatic rings. The highest BCUT2D eigenvalue weighted by Crippen LogP contribution is 2.28. The number of nitrogens with zero attached hydrogens (tertiary/aromatic N) is 3. The number of carbonyl (C=O) groups is 1. The van der Waals surface area contributed by atoms with E-state index in [4.69, 9.17) is 0 Å². The average molecular weight is 347 g/mol. The van der Waals surface area contributed by atoms with Gasteiger partial charge < -0.3 is 5.32 Å². The highest BCUT2D eigenvalue weighted by molar-refractivity contribution is 5.79. The summed E-state index contributed by atoms with van der Waals surface area (Å²) in [5.74, 6) is 0.427. The van der Waals surface area contributed by atoms with E-state index in [-0.39, 0.29) is 11.8 Å². The fourth-order valence-corrected chi connectivity index (χ4v) is 4.68. The summed E-state index contributed by atoms with van der Waals surface area (Å²) in [5, 5.41) is 7.76. The summed E-state index contributed by atoms with van der Waals surface area (Å²) in [7, 11) is 0. The topological polar surface area (TPSA) is 50.2 Å². The van der Waals surface area contributed by atoms with Crippen molar-refractivity contribution in [2.24, 2.45) is 5.92 Å². The Morgan fingerprint density at radius 2 is 1.96 bits per heavy atom. The van der Waals surface area contributed by atoms with Crippen molar-refractivity contribution in [3.63, 3.8) is 0 Å². The van der Waals surface area contributed by atoms with Gasteiger partial charge in [-0.1, -0.05) is 12.8 Å². The van der Waals surface area contributed by atoms with Crippen molar-refractivity contribution in [1.82, 2.24) is 20.0 Å². The lowest BCUT2D eigenvalue weighted by molar-refractivity contribution is -0.127. The number of hydrogen-bond donors (Lipinski definition) is 1. The molecule has 5 heteroatoms. The Morgan fingerprint density at radius 3 is 2.64 bits per heavy atom. The highest BCUT2D eigenvalue weighted by Gasteiger charge is 2.30. The molecule has 0 radical (unpaired) electrons. The quantitative estimate of drug-likeness (QED) is 0.862. The third kappa shape index (κ3) is 4.25. The van der Waals surface area contributed by atoms with Crippen molar-refractivity contribution in [2.45, 2.75) is 78.3 Å². The van der Waals surface area contributed by atoms with Crippen molar-refractivity contribution < 1.29 is 4.79 Å². The van der Waals surface area contributed by atoms with E-state index in [1.165, 1.54) is 43.5 Å². The summed E-state index contributed by atoms with van der Waals surface area (Å²) in [4.78, 5) is 15.2. The van der Waals surface area contributed by atoms with E-state index >= 15 is 0 Å². The first-order chi connectivity index (χ1) is 12.1. The van der Waals surface area contributed by atoms with Crippen LogP contribution in [-0.4, -0.2) is 46.3 Å². The molecule has 0 aromatic carbocycles. The smallest absolute Gasteiger partial charge is 0.224 e. The molecule has 1 saturated heterocycles. The van der Waals surface area contributed by atoms with E-state index in [0.717, 1.165) is 50.6 Å². The molecule has 1 aliphatic heterocycles. The van der Waals surface area contributed by atoms with Crippen LogP contribution in [0.25, 0.3) is 0 Å². The van der Waals surface area contributed by atoms with Gasteiger partial charge in [-0.05, 0) is 65.0 Å². The summed E-state index contributed by atoms with van der Waals surface area (Å²) in [6.07, 6.45) is 8.46. The van der Waals surface area contributed by atoms with Gasteiger partial charge in [-0.25, -0.2) is 0 Å². The standard InChI is InChI=1S/C20H34N4O/c1-4-24-16(3)19(15(2)22-24)11-12-21-20(25)17-8-7-13-23(14-17)18-9-5-6-10-18/h17-18H,4-14H2,1-3H3,(H,21,25)/t17-/m1/s1. The maximum Gasteiger partial charge on any atom is 0.224 e. The molecule has 2 heterocycles. The van der Waals surface area contributed by atoms with E-state index in [1.54, 1.807) is 0 Å². The lowest BCUT2D eigenvalue weighted by Gasteiger charge is -2.36. The van der Waals surface area contributed by atoms with E-state index in [9.17, 15) is 4.79 Å². The van der Waals surface area contributed by atoms with Gasteiger partial charge in [0.25, 0.3) is 0 Å². The molecule has 25 heavy (non-hydrogen) atoms. The molecule has 1 amide bonds. The number of amides is 1. The lowest BCUT2D eigenvalue weighted by Crippen LogP contribution is -2.46. The Kier molecular flexibility index (Phi) is 6.15. The summed E-state index contributed by atoms with van der Waals surface area (Å²) < 4.78 is 2.05. The van der Waals surface area contributed by atoms with E-state index < -0.39 is 0 Å². The number of carbonyl (C=O) groups excluding carboxylic acids is 1. The van der Waals surface area contributed by atoms with Crippen LogP contribution in [0.5, 0.6) is 0 Å². The number of rotatable bonds is 6. The van der Waals surface area contributed by atoms with Gasteiger partial charge in [0.15, 0.2) is 0 Å². The molecule has 0 unspecified atom stereocenters. The Morgan fingerprint density at radius 1 is 1.20 bits per heavy atom. The van der Waals surface area contributed by atoms with Crippen molar-refractivity contribution in [3.05, 3.63) is 17.0 Å². The summed E-state index contributed by atoms with van der Waals surface area (Å²) in [6, 6.07) is 0.737. The van der Waals surface area contributed by atoms with Crippen LogP contribution >= 0.6 is 0 Å². The molecule has 3 rings (SSSR count). The summed E-state index contributed by atoms with van der Waals surface area (Å²) in [5.41, 5.74) is 3.62. The van der Waals surface area contributed by atoms with Gasteiger partial charge in [0.1, 0.15) is 0 Å². The molecule has 0 bridgehead atoms. The van der Waals surface area contributed by atoms with Crippen molar-refractivity contribution in [1.29, 1.82) is 0 Å². The third-order valence-electron chi connectivity index (χ3n) is 6.17. The molecular weight excluding hydrogens is 312 g/mol. The molecular formula is C20H34N4O. The number of likely N-dealkylation sites (tertiary alicyclic amines) is 1. The van der Waals surface area contributed by atoms with Crippen LogP contribution in [0.3, 0.4) is 0 Å². The average Bonchev–Trinajstić information content (AvgIpc) is 3.25. The Balaban J connectivity index is 1.48. The van der Waals surface area contributed by atoms with Crippen LogP contribution in [0.1, 0.15) is 62.4 Å². The van der Waals surface area contributed by atoms with Crippen LogP contribution in [0.2, 0.25) is 0 Å². The minimum Gasteiger partial charge on any atom is -0.355 e. The van der Waals surface area contributed by atoms with Crippen LogP contribution in [0.15, 0.2) is 0 Å². The van der Waals surface area contributed by atoms with Crippen LogP contribution in [0, 0.1) is 19.8 Å². The SMILES string of the molecule is CCn1nc(C)c(CCNC(=O)[C@@H]2CCCN(C3CCCC3)C2)c1C. The first-order valence-corrected chi connectivity index (χ1v) is 10.1. The van der Waals surface area contributed by atoms with Crippen LogP contribution < -0.4 is 5.32 Å². The second-order valence-corrected chi connectivity index (χ2v) is 7.78. The van der Waals surface area contributed by atoms with E-state index in [0.29, 0.717) is 0 Å². The summed E-state index contributed by atoms with van der Waals surface area (Å²) >= 11 is 0. The highest BCUT2D eigenvalue weighted by atomic mass is 16.1. The molecule has 1 atom stereocenters. The molecule has 0 spiro atoms. The zero-order chi connectivity index (χ0) is 17.8. The first kappa shape index (κ1) is 18.4. The molecule has 1 N–H and O–H groups in total. The zero-order valence-corrected chi connectivity index (χ0v) is 16.2. The fourth-order valence-electron chi connectivity index (χ4n) is 4.68. The first-order valence-electron chi connectivity index (χ1n) is 10.1. The number of piperidine rings is 1. The van der Waals surface area contributed by atoms with Gasteiger partial charge in [-0.15, -0.1) is 0 Å². The van der Waals surface area contributed by atoms with Gasteiger partial charge >= 0.3 is 0 Å². The molecule has 140 valence electrons. The number of aryl methyl sites for hydroxylation is 2. The molecule has 5 nitrogen and oxygen atoms in total. The maximum absolute atomic E-state index is 12.6. The van der Waals surface area contributed by atoms with Gasteiger partial charge in [-0.2, -0.15) is 5.10 Å². The normalized spacial score (nSPS) is 22.4. The van der Waals surface area contributed by atoms with Crippen molar-refractivity contribution in [2.75, 3.05) is 19.6 Å². The van der Waals surface area contributed by atoms with Gasteiger partial charge in [-0.3, -0.25) is 14.4 Å². The largest absolute Gasteiger partial charge is 0.355 e. The Bertz CT molecular complexity index is 589. The monoisotopic (exact) mass is 346 g/mol. The van der Waals surface area contributed by atoms with Crippen molar-refractivity contribution >= 4 is 5.91 Å². The maximum atomic E-state index is 12.6. The van der Waals surface area contributed by atoms with Crippen LogP contribution in [0.4, 0.5) is 0 Å². The molecule has 1 aromatic heterocycles. The van der Waals surface area contributed by atoms with Crippen molar-refractivity contribution in [3.8, 4) is 0 Å². The van der Waals surface area contributed by atoms with Gasteiger partial charge in [0.05, 0.1) is 11.6 Å². The Hall–Kier alpha value is -1.36. The predicted octanol–water partition coefficient (Wildman–Crippen LogP) is 2.83. The van der Waals surface area contributed by atoms with Gasteiger partial charge in [0.2, 0.25) is 5.91 Å². The Labute approximate surface area is 152 Å². The number of hydrogen-bond acceptors (Lipinski definition) is 3. The second-order valence-electron chi connectivity index (χ2n) is 7.78. The zero-order valence-electron chi connectivity index (χ0n) is 16.2. The lowest BCUT2D eigenvalue weighted by atomic mass is 9.95. The third-order valence-corrected chi connectivity index (χ3v) is 6.17. The fraction of sp³-hybridized carbons (Fsp3) is 0.800. The number of nitrogens with one attached hydrogen (secondary N) is 1. The number of aromatic nitrogens is 2. The van der Waals surface area contributed by atoms with Crippen LogP contribution in [-0.2, 0) is 17.8 Å². The van der Waals surface area contributed by atoms with E-state index in [1.807, 2.05) is 4.68 Å². The molecule has 1 saturated carbocycles. The minimum absolute atomic E-state index is 0.176. The second kappa shape index (κ2) is 8.35. The molecule has 2 aliphatic rings. The predicted molar refractivity (Wildman–Crippen MR) is 101 cm³/mol. The molecule has 1 aliphatic carbocycles. The van der Waals surface area contributed by atoms with E-state index in [2.05, 4.69) is 36.1 Å².